The van der Waals surface area contributed by atoms with Gasteiger partial charge in [-0.3, -0.25) is 4.79 Å². The van der Waals surface area contributed by atoms with E-state index in [2.05, 4.69) is 32.5 Å². The molecule has 0 unspecified atom stereocenters. The van der Waals surface area contributed by atoms with E-state index in [1.54, 1.807) is 7.11 Å². The van der Waals surface area contributed by atoms with E-state index in [0.29, 0.717) is 17.0 Å². The number of aromatic nitrogens is 2. The van der Waals surface area contributed by atoms with Gasteiger partial charge in [-0.15, -0.1) is 0 Å². The summed E-state index contributed by atoms with van der Waals surface area (Å²) in [6.07, 6.45) is -2.19. The Morgan fingerprint density at radius 3 is 2.60 bits per heavy atom. The number of ether oxygens (including phenoxy) is 1. The van der Waals surface area contributed by atoms with Gasteiger partial charge >= 0.3 is 6.18 Å². The predicted octanol–water partition coefficient (Wildman–Crippen LogP) is 3.95. The highest BCUT2D eigenvalue weighted by atomic mass is 19.4. The number of nitrogens with one attached hydrogen (secondary N) is 2. The topological polar surface area (TPSA) is 105 Å². The van der Waals surface area contributed by atoms with Gasteiger partial charge < -0.3 is 26.0 Å². The Hall–Kier alpha value is -3.86. The molecular weight excluding hydrogens is 461 g/mol. The molecule has 8 nitrogen and oxygen atoms in total. The molecule has 0 aliphatic carbocycles. The van der Waals surface area contributed by atoms with Crippen LogP contribution >= 0.6 is 0 Å². The minimum Gasteiger partial charge on any atom is -0.495 e. The van der Waals surface area contributed by atoms with Gasteiger partial charge in [0.25, 0.3) is 5.91 Å². The summed E-state index contributed by atoms with van der Waals surface area (Å²) in [6, 6.07) is 8.69. The molecule has 2 aromatic carbocycles. The third-order valence-corrected chi connectivity index (χ3v) is 5.77. The average Bonchev–Trinajstić information content (AvgIpc) is 2.82. The van der Waals surface area contributed by atoms with E-state index in [0.717, 1.165) is 37.2 Å². The third kappa shape index (κ3) is 5.62. The fourth-order valence-electron chi connectivity index (χ4n) is 3.87. The van der Waals surface area contributed by atoms with Crippen LogP contribution in [-0.4, -0.2) is 41.5 Å². The summed E-state index contributed by atoms with van der Waals surface area (Å²) < 4.78 is 43.9. The molecule has 1 aliphatic heterocycles. The van der Waals surface area contributed by atoms with Gasteiger partial charge in [0, 0.05) is 25.8 Å². The van der Waals surface area contributed by atoms with E-state index in [9.17, 15) is 18.0 Å². The molecule has 11 heteroatoms. The Bertz CT molecular complexity index is 1230. The van der Waals surface area contributed by atoms with Crippen LogP contribution in [0.2, 0.25) is 0 Å². The molecule has 1 amide bonds. The average molecular weight is 486 g/mol. The van der Waals surface area contributed by atoms with Gasteiger partial charge in [0.15, 0.2) is 0 Å². The van der Waals surface area contributed by atoms with Crippen molar-refractivity contribution in [1.29, 1.82) is 0 Å². The highest BCUT2D eigenvalue weighted by Gasteiger charge is 2.30. The van der Waals surface area contributed by atoms with Crippen LogP contribution in [0.5, 0.6) is 5.75 Å². The van der Waals surface area contributed by atoms with Crippen LogP contribution in [0.25, 0.3) is 0 Å². The number of alkyl halides is 3. The highest BCUT2D eigenvalue weighted by Crippen LogP contribution is 2.33. The van der Waals surface area contributed by atoms with Crippen LogP contribution < -0.4 is 21.1 Å². The second-order valence-electron chi connectivity index (χ2n) is 8.30. The van der Waals surface area contributed by atoms with Crippen molar-refractivity contribution in [2.45, 2.75) is 25.7 Å². The zero-order valence-corrected chi connectivity index (χ0v) is 19.2. The Kier molecular flexibility index (Phi) is 6.79. The van der Waals surface area contributed by atoms with Gasteiger partial charge in [0.2, 0.25) is 5.95 Å². The Balaban J connectivity index is 1.57. The molecule has 0 spiro atoms. The summed E-state index contributed by atoms with van der Waals surface area (Å²) in [7, 11) is 3.64. The first kappa shape index (κ1) is 24.3. The maximum Gasteiger partial charge on any atom is 0.416 e. The quantitative estimate of drug-likeness (QED) is 0.465. The SMILES string of the molecule is COc1cc2c(cc1Nc1ncc(C(N)=O)c(NCc3ccc(C(F)(F)F)cc3)n1)CN(C)CC2. The summed E-state index contributed by atoms with van der Waals surface area (Å²) in [5.74, 6) is 0.259. The summed E-state index contributed by atoms with van der Waals surface area (Å²) in [5.41, 5.74) is 8.40. The first-order valence-corrected chi connectivity index (χ1v) is 10.9. The molecule has 35 heavy (non-hydrogen) atoms. The molecular formula is C24H25F3N6O2. The number of primary amides is 1. The zero-order valence-electron chi connectivity index (χ0n) is 19.2. The fourth-order valence-corrected chi connectivity index (χ4v) is 3.87. The number of nitrogens with two attached hydrogens (primary N) is 1. The number of nitrogens with zero attached hydrogens (tertiary/aromatic N) is 3. The summed E-state index contributed by atoms with van der Waals surface area (Å²) in [4.78, 5) is 22.7. The van der Waals surface area contributed by atoms with Gasteiger partial charge in [0.05, 0.1) is 23.9 Å². The number of rotatable bonds is 7. The van der Waals surface area contributed by atoms with E-state index >= 15 is 0 Å². The van der Waals surface area contributed by atoms with Gasteiger partial charge in [0.1, 0.15) is 11.6 Å². The molecule has 1 aliphatic rings. The number of hydrogen-bond acceptors (Lipinski definition) is 7. The van der Waals surface area contributed by atoms with Gasteiger partial charge in [-0.05, 0) is 54.4 Å². The number of anilines is 3. The molecule has 1 aromatic heterocycles. The zero-order chi connectivity index (χ0) is 25.2. The van der Waals surface area contributed by atoms with Gasteiger partial charge in [-0.2, -0.15) is 18.2 Å². The van der Waals surface area contributed by atoms with E-state index in [-0.39, 0.29) is 23.9 Å². The lowest BCUT2D eigenvalue weighted by Crippen LogP contribution is -2.26. The second-order valence-corrected chi connectivity index (χ2v) is 8.30. The van der Waals surface area contributed by atoms with Crippen LogP contribution in [0, 0.1) is 0 Å². The molecule has 184 valence electrons. The molecule has 0 saturated carbocycles. The van der Waals surface area contributed by atoms with Crippen molar-refractivity contribution in [3.05, 3.63) is 70.4 Å². The Morgan fingerprint density at radius 2 is 1.94 bits per heavy atom. The standard InChI is InChI=1S/C24H25F3N6O2/c1-33-8-7-15-10-20(35-2)19(9-16(15)13-33)31-23-30-12-18(21(28)34)22(32-23)29-11-14-3-5-17(6-4-14)24(25,26)27/h3-6,9-10,12H,7-8,11,13H2,1-2H3,(H2,28,34)(H2,29,30,31,32). The largest absolute Gasteiger partial charge is 0.495 e. The predicted molar refractivity (Wildman–Crippen MR) is 126 cm³/mol. The first-order valence-electron chi connectivity index (χ1n) is 10.9. The van der Waals surface area contributed by atoms with E-state index in [1.165, 1.54) is 23.9 Å². The number of benzene rings is 2. The smallest absolute Gasteiger partial charge is 0.416 e. The molecule has 3 aromatic rings. The van der Waals surface area contributed by atoms with E-state index in [4.69, 9.17) is 10.5 Å². The number of halogens is 3. The molecule has 4 N–H and O–H groups in total. The van der Waals surface area contributed by atoms with Crippen molar-refractivity contribution in [1.82, 2.24) is 14.9 Å². The lowest BCUT2D eigenvalue weighted by Gasteiger charge is -2.26. The minimum absolute atomic E-state index is 0.0569. The third-order valence-electron chi connectivity index (χ3n) is 5.77. The monoisotopic (exact) mass is 486 g/mol. The minimum atomic E-state index is -4.41. The van der Waals surface area contributed by atoms with Crippen molar-refractivity contribution in [2.75, 3.05) is 31.3 Å². The van der Waals surface area contributed by atoms with Crippen molar-refractivity contribution in [3.63, 3.8) is 0 Å². The summed E-state index contributed by atoms with van der Waals surface area (Å²) in [6.45, 7) is 1.90. The van der Waals surface area contributed by atoms with E-state index < -0.39 is 17.6 Å². The van der Waals surface area contributed by atoms with Crippen LogP contribution in [0.1, 0.15) is 32.6 Å². The van der Waals surface area contributed by atoms with Crippen molar-refractivity contribution in [2.24, 2.45) is 5.73 Å². The fraction of sp³-hybridized carbons (Fsp3) is 0.292. The van der Waals surface area contributed by atoms with Crippen molar-refractivity contribution < 1.29 is 22.7 Å². The molecule has 0 fully saturated rings. The molecule has 0 radical (unpaired) electrons. The lowest BCUT2D eigenvalue weighted by atomic mass is 9.99. The number of amides is 1. The van der Waals surface area contributed by atoms with Gasteiger partial charge in [-0.25, -0.2) is 4.98 Å². The van der Waals surface area contributed by atoms with Crippen LogP contribution in [0.15, 0.2) is 42.6 Å². The molecule has 2 heterocycles. The number of hydrogen-bond donors (Lipinski definition) is 3. The lowest BCUT2D eigenvalue weighted by molar-refractivity contribution is -0.137. The molecule has 4 rings (SSSR count). The van der Waals surface area contributed by atoms with Crippen LogP contribution in [0.4, 0.5) is 30.6 Å². The number of fused-ring (bicyclic) bond motifs is 1. The van der Waals surface area contributed by atoms with Crippen LogP contribution in [0.3, 0.4) is 0 Å². The molecule has 0 atom stereocenters. The first-order chi connectivity index (χ1) is 16.6. The maximum atomic E-state index is 12.8. The summed E-state index contributed by atoms with van der Waals surface area (Å²) >= 11 is 0. The normalized spacial score (nSPS) is 13.7. The summed E-state index contributed by atoms with van der Waals surface area (Å²) in [5, 5.41) is 6.10. The Morgan fingerprint density at radius 1 is 1.20 bits per heavy atom. The molecule has 0 saturated heterocycles. The highest BCUT2D eigenvalue weighted by molar-refractivity contribution is 5.97. The molecule has 0 bridgehead atoms. The van der Waals surface area contributed by atoms with Crippen molar-refractivity contribution >= 4 is 23.4 Å². The van der Waals surface area contributed by atoms with E-state index in [1.807, 2.05) is 12.1 Å². The van der Waals surface area contributed by atoms with Gasteiger partial charge in [-0.1, -0.05) is 12.1 Å². The van der Waals surface area contributed by atoms with Crippen molar-refractivity contribution in [3.8, 4) is 5.75 Å². The number of likely N-dealkylation sites (N-methyl/N-ethyl adjacent to an activating group) is 1. The second kappa shape index (κ2) is 9.79. The van der Waals surface area contributed by atoms with Crippen LogP contribution in [-0.2, 0) is 25.7 Å². The Labute approximate surface area is 200 Å². The number of carbonyl (C=O) groups excluding carboxylic acids is 1. The maximum absolute atomic E-state index is 12.8. The number of carbonyl (C=O) groups is 1. The number of methoxy groups -OCH3 is 1.